The number of anilines is 1. The van der Waals surface area contributed by atoms with E-state index >= 15 is 0 Å². The molecule has 3 aromatic carbocycles. The Hall–Kier alpha value is -5.06. The van der Waals surface area contributed by atoms with Gasteiger partial charge in [0.25, 0.3) is 17.1 Å². The van der Waals surface area contributed by atoms with Gasteiger partial charge in [-0.05, 0) is 41.8 Å². The number of benzene rings is 3. The minimum atomic E-state index is -0.468. The number of nitro benzene ring substituents is 2. The second-order valence-corrected chi connectivity index (χ2v) is 8.07. The van der Waals surface area contributed by atoms with Gasteiger partial charge in [-0.1, -0.05) is 18.2 Å². The van der Waals surface area contributed by atoms with Crippen LogP contribution in [0.5, 0.6) is 0 Å². The number of nitrogens with zero attached hydrogens (tertiary/aromatic N) is 6. The van der Waals surface area contributed by atoms with Crippen LogP contribution in [0.3, 0.4) is 0 Å². The monoisotopic (exact) mass is 482 g/mol. The number of fused-ring (bicyclic) bond motifs is 1. The van der Waals surface area contributed by atoms with Gasteiger partial charge in [-0.2, -0.15) is 5.11 Å². The first kappa shape index (κ1) is 22.7. The summed E-state index contributed by atoms with van der Waals surface area (Å²) in [5, 5.41) is 39.4. The van der Waals surface area contributed by atoms with Gasteiger partial charge in [-0.3, -0.25) is 20.2 Å². The first-order valence-electron chi connectivity index (χ1n) is 11.2. The van der Waals surface area contributed by atoms with Crippen molar-refractivity contribution in [2.24, 2.45) is 10.2 Å². The molecule has 0 spiro atoms. The van der Waals surface area contributed by atoms with Gasteiger partial charge in [0.2, 0.25) is 5.69 Å². The lowest BCUT2D eigenvalue weighted by Crippen LogP contribution is -2.40. The van der Waals surface area contributed by atoms with Gasteiger partial charge in [-0.15, -0.1) is 5.11 Å². The Morgan fingerprint density at radius 2 is 1.47 bits per heavy atom. The van der Waals surface area contributed by atoms with E-state index in [1.165, 1.54) is 36.4 Å². The molecule has 4 aromatic rings. The van der Waals surface area contributed by atoms with Gasteiger partial charge >= 0.3 is 0 Å². The summed E-state index contributed by atoms with van der Waals surface area (Å²) in [6.07, 6.45) is 1.62. The standard InChI is InChI=1S/C25H19N7O4/c33-31(34)20-10-8-18(9-11-20)27-28-24-23-22(7-4-16-26-23)29-30(25(24)17-5-2-1-3-6-17)19-12-14-21(15-13-19)32(35)36/h1-3,5-6,8-15H,4,7,16H2/p+1. The number of hydrogen-bond acceptors (Lipinski definition) is 8. The van der Waals surface area contributed by atoms with Gasteiger partial charge in [0, 0.05) is 48.0 Å². The van der Waals surface area contributed by atoms with Crippen molar-refractivity contribution >= 4 is 28.4 Å². The number of aryl methyl sites for hydroxylation is 1. The molecular formula is C25H20N7O4+. The molecule has 1 aromatic heterocycles. The van der Waals surface area contributed by atoms with E-state index < -0.39 is 9.85 Å². The molecule has 0 saturated heterocycles. The molecule has 2 heterocycles. The number of nitrogens with one attached hydrogen (secondary N) is 1. The number of hydrogen-bond donors (Lipinski definition) is 1. The van der Waals surface area contributed by atoms with Crippen LogP contribution in [-0.4, -0.2) is 21.5 Å². The van der Waals surface area contributed by atoms with Crippen LogP contribution < -0.4 is 10.00 Å². The molecule has 1 N–H and O–H groups in total. The zero-order valence-electron chi connectivity index (χ0n) is 18.9. The largest absolute Gasteiger partial charge is 0.381 e. The fraction of sp³-hybridized carbons (Fsp3) is 0.120. The van der Waals surface area contributed by atoms with Crippen molar-refractivity contribution in [3.8, 4) is 16.9 Å². The highest BCUT2D eigenvalue weighted by Crippen LogP contribution is 2.39. The maximum atomic E-state index is 11.2. The Labute approximate surface area is 205 Å². The lowest BCUT2D eigenvalue weighted by atomic mass is 10.0. The average Bonchev–Trinajstić information content (AvgIpc) is 2.92. The van der Waals surface area contributed by atoms with Gasteiger partial charge in [0.15, 0.2) is 5.69 Å². The summed E-state index contributed by atoms with van der Waals surface area (Å²) in [6.45, 7) is 0.754. The second kappa shape index (κ2) is 9.66. The van der Waals surface area contributed by atoms with E-state index in [0.717, 1.165) is 36.3 Å². The van der Waals surface area contributed by atoms with Crippen molar-refractivity contribution in [1.82, 2.24) is 5.10 Å². The van der Waals surface area contributed by atoms with Crippen LogP contribution in [0, 0.1) is 20.2 Å². The lowest BCUT2D eigenvalue weighted by Gasteiger charge is -2.18. The maximum Gasteiger partial charge on any atom is 0.275 e. The van der Waals surface area contributed by atoms with Crippen molar-refractivity contribution in [1.29, 1.82) is 0 Å². The molecule has 0 aliphatic carbocycles. The zero-order valence-corrected chi connectivity index (χ0v) is 18.9. The van der Waals surface area contributed by atoms with Gasteiger partial charge < -0.3 is 5.32 Å². The molecule has 0 saturated carbocycles. The highest BCUT2D eigenvalue weighted by atomic mass is 16.6. The Bertz CT molecular complexity index is 1470. The van der Waals surface area contributed by atoms with E-state index in [9.17, 15) is 20.2 Å². The van der Waals surface area contributed by atoms with Crippen molar-refractivity contribution in [3.05, 3.63) is 105 Å². The fourth-order valence-electron chi connectivity index (χ4n) is 4.01. The van der Waals surface area contributed by atoms with E-state index in [-0.39, 0.29) is 11.4 Å². The smallest absolute Gasteiger partial charge is 0.275 e. The maximum absolute atomic E-state index is 11.2. The van der Waals surface area contributed by atoms with E-state index in [2.05, 4.69) is 15.5 Å². The van der Waals surface area contributed by atoms with Crippen molar-refractivity contribution in [2.75, 3.05) is 11.9 Å². The minimum absolute atomic E-state index is 0.0154. The Morgan fingerprint density at radius 3 is 2.11 bits per heavy atom. The van der Waals surface area contributed by atoms with Crippen molar-refractivity contribution in [3.63, 3.8) is 0 Å². The molecule has 0 bridgehead atoms. The summed E-state index contributed by atoms with van der Waals surface area (Å²) in [4.78, 5) is 21.2. The second-order valence-electron chi connectivity index (χ2n) is 8.07. The van der Waals surface area contributed by atoms with Crippen LogP contribution >= 0.6 is 0 Å². The van der Waals surface area contributed by atoms with Crippen LogP contribution in [0.1, 0.15) is 12.1 Å². The number of non-ortho nitro benzene ring substituents is 2. The molecule has 0 radical (unpaired) electrons. The molecule has 11 nitrogen and oxygen atoms in total. The molecule has 0 amide bonds. The Balaban J connectivity index is 1.71. The fourth-order valence-corrected chi connectivity index (χ4v) is 4.01. The third kappa shape index (κ3) is 4.49. The van der Waals surface area contributed by atoms with Crippen molar-refractivity contribution < 1.29 is 14.5 Å². The molecule has 36 heavy (non-hydrogen) atoms. The first-order valence-corrected chi connectivity index (χ1v) is 11.2. The van der Waals surface area contributed by atoms with Gasteiger partial charge in [0.1, 0.15) is 5.69 Å². The predicted octanol–water partition coefficient (Wildman–Crippen LogP) is 5.62. The molecule has 1 aliphatic rings. The Kier molecular flexibility index (Phi) is 6.10. The number of azo groups is 1. The van der Waals surface area contributed by atoms with Gasteiger partial charge in [-0.25, -0.2) is 0 Å². The normalized spacial score (nSPS) is 12.7. The van der Waals surface area contributed by atoms with Crippen LogP contribution in [0.4, 0.5) is 28.4 Å². The number of rotatable bonds is 6. The molecule has 5 rings (SSSR count). The highest BCUT2D eigenvalue weighted by molar-refractivity contribution is 5.81. The highest BCUT2D eigenvalue weighted by Gasteiger charge is 2.31. The summed E-state index contributed by atoms with van der Waals surface area (Å²) < 4.78 is 1.73. The molecule has 178 valence electrons. The van der Waals surface area contributed by atoms with Crippen LogP contribution in [-0.2, 0) is 6.42 Å². The molecular weight excluding hydrogens is 462 g/mol. The predicted molar refractivity (Wildman–Crippen MR) is 132 cm³/mol. The summed E-state index contributed by atoms with van der Waals surface area (Å²) in [5.41, 5.74) is 4.67. The van der Waals surface area contributed by atoms with Gasteiger partial charge in [0.05, 0.1) is 26.8 Å². The summed E-state index contributed by atoms with van der Waals surface area (Å²) in [6, 6.07) is 21.6. The third-order valence-corrected chi connectivity index (χ3v) is 5.75. The topological polar surface area (TPSA) is 140 Å². The molecule has 0 fully saturated rings. The van der Waals surface area contributed by atoms with Crippen molar-refractivity contribution in [2.45, 2.75) is 12.8 Å². The minimum Gasteiger partial charge on any atom is -0.381 e. The summed E-state index contributed by atoms with van der Waals surface area (Å²) in [5.74, 6) is 0. The summed E-state index contributed by atoms with van der Waals surface area (Å²) in [7, 11) is 0. The van der Waals surface area contributed by atoms with E-state index in [1.807, 2.05) is 30.3 Å². The summed E-state index contributed by atoms with van der Waals surface area (Å²) >= 11 is 0. The SMILES string of the molecule is O=[N+]([O-])c1ccc(N=Nc2c3c(n[n+](-c4ccc([N+](=O)[O-])cc4)c2-c2ccccc2)CCCN3)cc1. The molecule has 11 heteroatoms. The average molecular weight is 482 g/mol. The van der Waals surface area contributed by atoms with Crippen LogP contribution in [0.2, 0.25) is 0 Å². The number of aromatic nitrogens is 2. The quantitative estimate of drug-likeness (QED) is 0.164. The first-order chi connectivity index (χ1) is 17.5. The molecule has 0 atom stereocenters. The molecule has 0 unspecified atom stereocenters. The Morgan fingerprint density at radius 1 is 0.833 bits per heavy atom. The van der Waals surface area contributed by atoms with E-state index in [4.69, 9.17) is 5.10 Å². The number of nitro groups is 2. The van der Waals surface area contributed by atoms with Crippen LogP contribution in [0.15, 0.2) is 89.1 Å². The van der Waals surface area contributed by atoms with E-state index in [0.29, 0.717) is 22.8 Å². The zero-order chi connectivity index (χ0) is 25.1. The molecule has 1 aliphatic heterocycles. The third-order valence-electron chi connectivity index (χ3n) is 5.75. The lowest BCUT2D eigenvalue weighted by molar-refractivity contribution is -0.648. The van der Waals surface area contributed by atoms with E-state index in [1.54, 1.807) is 16.8 Å². The van der Waals surface area contributed by atoms with Crippen LogP contribution in [0.25, 0.3) is 16.9 Å².